The fourth-order valence-corrected chi connectivity index (χ4v) is 0.820. The maximum absolute atomic E-state index is 10.8. The molecule has 0 aromatic rings. The molecule has 6 heteroatoms. The fraction of sp³-hybridized carbons (Fsp3) is 0.500. The van der Waals surface area contributed by atoms with Crippen LogP contribution in [0.5, 0.6) is 0 Å². The van der Waals surface area contributed by atoms with Crippen molar-refractivity contribution in [1.82, 2.24) is 0 Å². The molecule has 0 heterocycles. The van der Waals surface area contributed by atoms with Crippen molar-refractivity contribution >= 4 is 35.5 Å². The van der Waals surface area contributed by atoms with Crippen molar-refractivity contribution in [2.24, 2.45) is 0 Å². The molecule has 0 radical (unpaired) electrons. The normalized spacial score (nSPS) is 14.9. The fourth-order valence-electron chi connectivity index (χ4n) is 0.301. The van der Waals surface area contributed by atoms with Gasteiger partial charge < -0.3 is 9.26 Å². The second kappa shape index (κ2) is 5.02. The van der Waals surface area contributed by atoms with Crippen molar-refractivity contribution < 1.29 is 14.1 Å². The van der Waals surface area contributed by atoms with E-state index < -0.39 is 11.4 Å². The van der Waals surface area contributed by atoms with Crippen LogP contribution in [0.1, 0.15) is 6.92 Å². The van der Waals surface area contributed by atoms with Gasteiger partial charge in [0.2, 0.25) is 0 Å². The first-order valence-electron chi connectivity index (χ1n) is 3.10. The molecule has 0 saturated carbocycles. The molecular weight excluding hydrogens is 215 g/mol. The summed E-state index contributed by atoms with van der Waals surface area (Å²) in [5.41, 5.74) is -1.70. The van der Waals surface area contributed by atoms with Gasteiger partial charge in [0.15, 0.2) is 6.79 Å². The van der Waals surface area contributed by atoms with Crippen LogP contribution < -0.4 is 0 Å². The van der Waals surface area contributed by atoms with Gasteiger partial charge in [-0.15, -0.1) is 12.2 Å². The Balaban J connectivity index is 3.65. The maximum Gasteiger partial charge on any atom is 0.335 e. The molecule has 0 aliphatic carbocycles. The summed E-state index contributed by atoms with van der Waals surface area (Å²) < 4.78 is 9.59. The molecule has 12 heavy (non-hydrogen) atoms. The average Bonchev–Trinajstić information content (AvgIpc) is 1.84. The van der Waals surface area contributed by atoms with Crippen molar-refractivity contribution in [3.8, 4) is 0 Å². The van der Waals surface area contributed by atoms with E-state index in [4.69, 9.17) is 16.3 Å². The first kappa shape index (κ1) is 12.2. The van der Waals surface area contributed by atoms with Crippen LogP contribution in [0.15, 0.2) is 12.2 Å². The smallest absolute Gasteiger partial charge is 0.335 e. The van der Waals surface area contributed by atoms with Crippen molar-refractivity contribution in [1.29, 1.82) is 0 Å². The van der Waals surface area contributed by atoms with Gasteiger partial charge >= 0.3 is 5.97 Å². The number of rotatable bonds is 4. The Morgan fingerprint density at radius 3 is 2.58 bits per heavy atom. The third kappa shape index (κ3) is 6.85. The van der Waals surface area contributed by atoms with Crippen molar-refractivity contribution in [3.05, 3.63) is 12.2 Å². The molecule has 1 unspecified atom stereocenters. The molecule has 70 valence electrons. The summed E-state index contributed by atoms with van der Waals surface area (Å²) in [7, 11) is 0. The standard InChI is InChI=1S/C6H11O3PS2/c1-5(2)6(7)8-4-9-10(3,11)12/h1,4H2,2-3H3,(H,11,12). The van der Waals surface area contributed by atoms with Crippen LogP contribution in [-0.4, -0.2) is 19.4 Å². The first-order chi connectivity index (χ1) is 5.33. The summed E-state index contributed by atoms with van der Waals surface area (Å²) in [5, 5.41) is 0. The molecular formula is C6H11O3PS2. The lowest BCUT2D eigenvalue weighted by Crippen LogP contribution is -2.06. The van der Waals surface area contributed by atoms with Gasteiger partial charge in [-0.3, -0.25) is 0 Å². The van der Waals surface area contributed by atoms with E-state index in [1.807, 2.05) is 0 Å². The summed E-state index contributed by atoms with van der Waals surface area (Å²) in [4.78, 5) is 10.8. The Morgan fingerprint density at radius 1 is 1.75 bits per heavy atom. The molecule has 0 aliphatic rings. The number of carbonyl (C=O) groups excluding carboxylic acids is 1. The van der Waals surface area contributed by atoms with E-state index >= 15 is 0 Å². The molecule has 0 bridgehead atoms. The number of hydrogen-bond donors (Lipinski definition) is 1. The summed E-state index contributed by atoms with van der Waals surface area (Å²) in [6.07, 6.45) is 0. The third-order valence-corrected chi connectivity index (χ3v) is 2.08. The van der Waals surface area contributed by atoms with Crippen LogP contribution in [0, 0.1) is 0 Å². The quantitative estimate of drug-likeness (QED) is 0.261. The molecule has 0 amide bonds. The van der Waals surface area contributed by atoms with Gasteiger partial charge in [-0.05, 0) is 13.6 Å². The lowest BCUT2D eigenvalue weighted by atomic mass is 10.4. The van der Waals surface area contributed by atoms with Gasteiger partial charge in [0.05, 0.1) is 0 Å². The van der Waals surface area contributed by atoms with Crippen LogP contribution in [0.25, 0.3) is 0 Å². The van der Waals surface area contributed by atoms with E-state index in [0.29, 0.717) is 5.57 Å². The minimum absolute atomic E-state index is 0.150. The lowest BCUT2D eigenvalue weighted by molar-refractivity contribution is -0.144. The van der Waals surface area contributed by atoms with Crippen molar-refractivity contribution in [2.45, 2.75) is 6.92 Å². The largest absolute Gasteiger partial charge is 0.435 e. The maximum atomic E-state index is 10.8. The van der Waals surface area contributed by atoms with E-state index in [1.54, 1.807) is 13.6 Å². The minimum atomic E-state index is -2.03. The first-order valence-corrected chi connectivity index (χ1v) is 7.42. The van der Waals surface area contributed by atoms with Gasteiger partial charge in [-0.2, -0.15) is 0 Å². The van der Waals surface area contributed by atoms with Gasteiger partial charge in [0, 0.05) is 5.57 Å². The van der Waals surface area contributed by atoms with Crippen LogP contribution >= 0.6 is 17.7 Å². The van der Waals surface area contributed by atoms with Gasteiger partial charge in [0.1, 0.15) is 5.47 Å². The van der Waals surface area contributed by atoms with Gasteiger partial charge in [0.25, 0.3) is 0 Å². The van der Waals surface area contributed by atoms with Crippen LogP contribution in [-0.2, 0) is 25.9 Å². The molecule has 1 atom stereocenters. The molecule has 0 saturated heterocycles. The predicted octanol–water partition coefficient (Wildman–Crippen LogP) is 1.95. The highest BCUT2D eigenvalue weighted by atomic mass is 32.9. The monoisotopic (exact) mass is 226 g/mol. The molecule has 0 spiro atoms. The average molecular weight is 226 g/mol. The topological polar surface area (TPSA) is 35.5 Å². The van der Waals surface area contributed by atoms with Crippen molar-refractivity contribution in [3.63, 3.8) is 0 Å². The van der Waals surface area contributed by atoms with E-state index in [2.05, 4.69) is 23.6 Å². The Bertz CT molecular complexity index is 233. The minimum Gasteiger partial charge on any atom is -0.435 e. The summed E-state index contributed by atoms with van der Waals surface area (Å²) in [5.74, 6) is -0.480. The second-order valence-electron chi connectivity index (χ2n) is 2.26. The van der Waals surface area contributed by atoms with Crippen molar-refractivity contribution in [2.75, 3.05) is 13.5 Å². The molecule has 0 N–H and O–H groups in total. The zero-order chi connectivity index (χ0) is 9.78. The van der Waals surface area contributed by atoms with E-state index in [1.165, 1.54) is 0 Å². The number of thiol groups is 1. The molecule has 3 nitrogen and oxygen atoms in total. The highest BCUT2D eigenvalue weighted by Crippen LogP contribution is 2.47. The molecule has 0 fully saturated rings. The van der Waals surface area contributed by atoms with Crippen LogP contribution in [0.4, 0.5) is 0 Å². The number of esters is 1. The zero-order valence-electron chi connectivity index (χ0n) is 6.94. The Labute approximate surface area is 82.4 Å². The van der Waals surface area contributed by atoms with Gasteiger partial charge in [-0.25, -0.2) is 4.79 Å². The highest BCUT2D eigenvalue weighted by Gasteiger charge is 2.06. The van der Waals surface area contributed by atoms with Crippen LogP contribution in [0.3, 0.4) is 0 Å². The lowest BCUT2D eigenvalue weighted by Gasteiger charge is -2.10. The molecule has 0 aromatic heterocycles. The second-order valence-corrected chi connectivity index (χ2v) is 9.32. The number of carbonyl (C=O) groups is 1. The predicted molar refractivity (Wildman–Crippen MR) is 56.1 cm³/mol. The van der Waals surface area contributed by atoms with E-state index in [9.17, 15) is 4.79 Å². The Hall–Kier alpha value is 0.170. The van der Waals surface area contributed by atoms with Gasteiger partial charge in [-0.1, -0.05) is 18.4 Å². The van der Waals surface area contributed by atoms with E-state index in [-0.39, 0.29) is 6.79 Å². The summed E-state index contributed by atoms with van der Waals surface area (Å²) in [6.45, 7) is 6.50. The summed E-state index contributed by atoms with van der Waals surface area (Å²) >= 11 is 8.84. The third-order valence-electron chi connectivity index (χ3n) is 0.831. The zero-order valence-corrected chi connectivity index (χ0v) is 9.55. The number of hydrogen-bond acceptors (Lipinski definition) is 4. The SMILES string of the molecule is C=C(C)C(=O)OCOP(C)(=S)S. The van der Waals surface area contributed by atoms with Crippen LogP contribution in [0.2, 0.25) is 0 Å². The Kier molecular flexibility index (Phi) is 5.09. The molecule has 0 aliphatic heterocycles. The number of ether oxygens (including phenoxy) is 1. The Morgan fingerprint density at radius 2 is 2.25 bits per heavy atom. The molecule has 0 rings (SSSR count). The van der Waals surface area contributed by atoms with E-state index in [0.717, 1.165) is 0 Å². The molecule has 0 aromatic carbocycles. The highest BCUT2D eigenvalue weighted by molar-refractivity contribution is 8.61. The summed E-state index contributed by atoms with van der Waals surface area (Å²) in [6, 6.07) is 0.